The van der Waals surface area contributed by atoms with Gasteiger partial charge in [-0.1, -0.05) is 0 Å². The van der Waals surface area contributed by atoms with Gasteiger partial charge in [0.25, 0.3) is 10.2 Å². The van der Waals surface area contributed by atoms with Gasteiger partial charge in [0.1, 0.15) is 6.04 Å². The molecular formula is C10H17N3O6S. The number of carbonyl (C=O) groups excluding carboxylic acids is 3. The summed E-state index contributed by atoms with van der Waals surface area (Å²) in [5.41, 5.74) is 0. The van der Waals surface area contributed by atoms with E-state index in [2.05, 4.69) is 14.8 Å². The summed E-state index contributed by atoms with van der Waals surface area (Å²) in [4.78, 5) is 33.4. The molecule has 0 bridgehead atoms. The fourth-order valence-electron chi connectivity index (χ4n) is 1.55. The Labute approximate surface area is 116 Å². The van der Waals surface area contributed by atoms with Gasteiger partial charge in [-0.3, -0.25) is 19.7 Å². The molecule has 1 heterocycles. The Kier molecular flexibility index (Phi) is 5.60. The van der Waals surface area contributed by atoms with E-state index in [1.807, 2.05) is 0 Å². The predicted molar refractivity (Wildman–Crippen MR) is 67.5 cm³/mol. The van der Waals surface area contributed by atoms with Crippen LogP contribution in [0.1, 0.15) is 19.3 Å². The quantitative estimate of drug-likeness (QED) is 0.437. The van der Waals surface area contributed by atoms with Gasteiger partial charge in [-0.2, -0.15) is 17.4 Å². The maximum absolute atomic E-state index is 11.9. The molecule has 1 rings (SSSR count). The molecule has 1 saturated heterocycles. The number of nitrogens with one attached hydrogen (secondary N) is 2. The summed E-state index contributed by atoms with van der Waals surface area (Å²) < 4.78 is 31.4. The number of esters is 1. The minimum atomic E-state index is -3.91. The van der Waals surface area contributed by atoms with Crippen molar-refractivity contribution in [2.45, 2.75) is 25.3 Å². The third-order valence-corrected chi connectivity index (χ3v) is 4.38. The molecular weight excluding hydrogens is 290 g/mol. The van der Waals surface area contributed by atoms with Crippen LogP contribution in [0, 0.1) is 0 Å². The van der Waals surface area contributed by atoms with Crippen molar-refractivity contribution < 1.29 is 27.5 Å². The number of imide groups is 1. The zero-order valence-electron chi connectivity index (χ0n) is 11.2. The Morgan fingerprint density at radius 3 is 2.70 bits per heavy atom. The number of hydrogen-bond acceptors (Lipinski definition) is 6. The molecule has 0 aromatic carbocycles. The molecule has 0 spiro atoms. The molecule has 10 heteroatoms. The monoisotopic (exact) mass is 307 g/mol. The summed E-state index contributed by atoms with van der Waals surface area (Å²) in [7, 11) is -1.43. The molecule has 1 atom stereocenters. The molecule has 2 N–H and O–H groups in total. The lowest BCUT2D eigenvalue weighted by Crippen LogP contribution is -2.54. The van der Waals surface area contributed by atoms with Crippen molar-refractivity contribution in [3.8, 4) is 0 Å². The number of piperidine rings is 1. The SMILES string of the molecule is COC(=O)CCN(C)S(=O)(=O)NC1CCC(=O)NC1=O. The second-order valence-corrected chi connectivity index (χ2v) is 6.08. The zero-order valence-corrected chi connectivity index (χ0v) is 12.0. The van der Waals surface area contributed by atoms with Gasteiger partial charge in [0.05, 0.1) is 13.5 Å². The molecule has 0 aromatic heterocycles. The highest BCUT2D eigenvalue weighted by atomic mass is 32.2. The molecule has 0 aromatic rings. The van der Waals surface area contributed by atoms with Gasteiger partial charge in [0.15, 0.2) is 0 Å². The molecule has 1 unspecified atom stereocenters. The molecule has 9 nitrogen and oxygen atoms in total. The van der Waals surface area contributed by atoms with Crippen molar-refractivity contribution in [2.24, 2.45) is 0 Å². The van der Waals surface area contributed by atoms with Crippen LogP contribution >= 0.6 is 0 Å². The molecule has 1 aliphatic rings. The van der Waals surface area contributed by atoms with Crippen molar-refractivity contribution in [1.82, 2.24) is 14.3 Å². The largest absolute Gasteiger partial charge is 0.469 e. The summed E-state index contributed by atoms with van der Waals surface area (Å²) in [5.74, 6) is -1.64. The minimum Gasteiger partial charge on any atom is -0.469 e. The highest BCUT2D eigenvalue weighted by molar-refractivity contribution is 7.87. The van der Waals surface area contributed by atoms with Gasteiger partial charge >= 0.3 is 5.97 Å². The van der Waals surface area contributed by atoms with E-state index < -0.39 is 34.0 Å². The van der Waals surface area contributed by atoms with Crippen LogP contribution < -0.4 is 10.0 Å². The van der Waals surface area contributed by atoms with E-state index in [1.165, 1.54) is 14.2 Å². The first kappa shape index (κ1) is 16.5. The third-order valence-electron chi connectivity index (χ3n) is 2.80. The normalized spacial score (nSPS) is 19.9. The highest BCUT2D eigenvalue weighted by Gasteiger charge is 2.31. The zero-order chi connectivity index (χ0) is 15.3. The highest BCUT2D eigenvalue weighted by Crippen LogP contribution is 2.07. The average molecular weight is 307 g/mol. The Bertz CT molecular complexity index is 503. The first-order chi connectivity index (χ1) is 9.26. The summed E-state index contributed by atoms with van der Waals surface area (Å²) in [5, 5.41) is 2.05. The predicted octanol–water partition coefficient (Wildman–Crippen LogP) is -1.88. The van der Waals surface area contributed by atoms with E-state index in [0.29, 0.717) is 0 Å². The minimum absolute atomic E-state index is 0.0741. The van der Waals surface area contributed by atoms with Crippen LogP contribution in [-0.4, -0.2) is 57.3 Å². The van der Waals surface area contributed by atoms with Crippen LogP contribution in [0.2, 0.25) is 0 Å². The summed E-state index contributed by atoms with van der Waals surface area (Å²) >= 11 is 0. The van der Waals surface area contributed by atoms with Gasteiger partial charge in [0.2, 0.25) is 11.8 Å². The van der Waals surface area contributed by atoms with E-state index >= 15 is 0 Å². The maximum atomic E-state index is 11.9. The Hall–Kier alpha value is -1.52. The van der Waals surface area contributed by atoms with Crippen molar-refractivity contribution in [3.05, 3.63) is 0 Å². The lowest BCUT2D eigenvalue weighted by molar-refractivity contribution is -0.140. The van der Waals surface area contributed by atoms with Crippen LogP contribution in [0.15, 0.2) is 0 Å². The number of hydrogen-bond donors (Lipinski definition) is 2. The lowest BCUT2D eigenvalue weighted by atomic mass is 10.1. The topological polar surface area (TPSA) is 122 Å². The number of ether oxygens (including phenoxy) is 1. The molecule has 1 aliphatic heterocycles. The van der Waals surface area contributed by atoms with Crippen LogP contribution in [0.5, 0.6) is 0 Å². The van der Waals surface area contributed by atoms with Crippen molar-refractivity contribution in [2.75, 3.05) is 20.7 Å². The van der Waals surface area contributed by atoms with Crippen molar-refractivity contribution in [3.63, 3.8) is 0 Å². The Morgan fingerprint density at radius 2 is 2.15 bits per heavy atom. The van der Waals surface area contributed by atoms with Gasteiger partial charge in [-0.05, 0) is 6.42 Å². The molecule has 0 saturated carbocycles. The van der Waals surface area contributed by atoms with Gasteiger partial charge in [0, 0.05) is 20.0 Å². The Morgan fingerprint density at radius 1 is 1.50 bits per heavy atom. The van der Waals surface area contributed by atoms with E-state index in [4.69, 9.17) is 0 Å². The summed E-state index contributed by atoms with van der Waals surface area (Å²) in [6, 6.07) is -0.988. The third kappa shape index (κ3) is 4.54. The number of rotatable bonds is 6. The van der Waals surface area contributed by atoms with E-state index in [-0.39, 0.29) is 25.8 Å². The molecule has 1 fully saturated rings. The fraction of sp³-hybridized carbons (Fsp3) is 0.700. The second kappa shape index (κ2) is 6.77. The first-order valence-electron chi connectivity index (χ1n) is 5.90. The lowest BCUT2D eigenvalue weighted by Gasteiger charge is -2.24. The summed E-state index contributed by atoms with van der Waals surface area (Å²) in [6.07, 6.45) is 0.0861. The summed E-state index contributed by atoms with van der Waals surface area (Å²) in [6.45, 7) is -0.0741. The van der Waals surface area contributed by atoms with Crippen LogP contribution in [-0.2, 0) is 29.3 Å². The number of methoxy groups -OCH3 is 1. The van der Waals surface area contributed by atoms with E-state index in [1.54, 1.807) is 0 Å². The van der Waals surface area contributed by atoms with Crippen molar-refractivity contribution >= 4 is 28.0 Å². The standard InChI is InChI=1S/C10H17N3O6S/c1-13(6-5-9(15)19-2)20(17,18)12-7-3-4-8(14)11-10(7)16/h7,12H,3-6H2,1-2H3,(H,11,14,16). The number of nitrogens with zero attached hydrogens (tertiary/aromatic N) is 1. The maximum Gasteiger partial charge on any atom is 0.306 e. The molecule has 2 amide bonds. The molecule has 114 valence electrons. The van der Waals surface area contributed by atoms with Crippen LogP contribution in [0.3, 0.4) is 0 Å². The number of carbonyl (C=O) groups is 3. The average Bonchev–Trinajstić information content (AvgIpc) is 2.38. The van der Waals surface area contributed by atoms with Crippen molar-refractivity contribution in [1.29, 1.82) is 0 Å². The fourth-order valence-corrected chi connectivity index (χ4v) is 2.64. The second-order valence-electron chi connectivity index (χ2n) is 4.27. The van der Waals surface area contributed by atoms with Gasteiger partial charge in [-0.15, -0.1) is 0 Å². The van der Waals surface area contributed by atoms with Gasteiger partial charge in [-0.25, -0.2) is 0 Å². The molecule has 0 radical (unpaired) electrons. The van der Waals surface area contributed by atoms with E-state index in [0.717, 1.165) is 4.31 Å². The van der Waals surface area contributed by atoms with Gasteiger partial charge < -0.3 is 4.74 Å². The Balaban J connectivity index is 2.58. The van der Waals surface area contributed by atoms with Crippen LogP contribution in [0.25, 0.3) is 0 Å². The first-order valence-corrected chi connectivity index (χ1v) is 7.34. The van der Waals surface area contributed by atoms with E-state index in [9.17, 15) is 22.8 Å². The number of amides is 2. The van der Waals surface area contributed by atoms with Crippen LogP contribution in [0.4, 0.5) is 0 Å². The molecule has 20 heavy (non-hydrogen) atoms. The smallest absolute Gasteiger partial charge is 0.306 e. The molecule has 0 aliphatic carbocycles.